The smallest absolute Gasteiger partial charge is 0.103 e. The second-order valence-electron chi connectivity index (χ2n) is 3.42. The summed E-state index contributed by atoms with van der Waals surface area (Å²) in [4.78, 5) is 4.05. The average molecular weight is 203 g/mol. The topological polar surface area (TPSA) is 42.4 Å². The van der Waals surface area contributed by atoms with Crippen molar-refractivity contribution < 1.29 is 9.84 Å². The molecule has 1 N–H and O–H groups in total. The fourth-order valence-electron chi connectivity index (χ4n) is 1.69. The Labute approximate surface area is 88.3 Å². The highest BCUT2D eigenvalue weighted by atomic mass is 16.5. The number of aliphatic hydroxyl groups is 1. The zero-order valence-corrected chi connectivity index (χ0v) is 8.55. The summed E-state index contributed by atoms with van der Waals surface area (Å²) in [6.45, 7) is 0.307. The van der Waals surface area contributed by atoms with Gasteiger partial charge in [-0.15, -0.1) is 0 Å². The van der Waals surface area contributed by atoms with Crippen LogP contribution in [0, 0.1) is 0 Å². The molecule has 0 aliphatic heterocycles. The van der Waals surface area contributed by atoms with Crippen molar-refractivity contribution in [3.8, 4) is 0 Å². The molecule has 1 unspecified atom stereocenters. The molecule has 15 heavy (non-hydrogen) atoms. The maximum Gasteiger partial charge on any atom is 0.103 e. The molecule has 1 atom stereocenters. The minimum atomic E-state index is -0.582. The Morgan fingerprint density at radius 3 is 3.07 bits per heavy atom. The SMILES string of the molecule is COCC(O)c1cccc2cnccc12. The van der Waals surface area contributed by atoms with Crippen LogP contribution in [-0.4, -0.2) is 23.8 Å². The van der Waals surface area contributed by atoms with Crippen molar-refractivity contribution in [2.24, 2.45) is 0 Å². The molecule has 3 heteroatoms. The molecule has 3 nitrogen and oxygen atoms in total. The number of pyridine rings is 1. The van der Waals surface area contributed by atoms with E-state index in [2.05, 4.69) is 4.98 Å². The first kappa shape index (κ1) is 10.1. The predicted octanol–water partition coefficient (Wildman–Crippen LogP) is 1.91. The predicted molar refractivity (Wildman–Crippen MR) is 58.6 cm³/mol. The van der Waals surface area contributed by atoms with Crippen LogP contribution in [0.25, 0.3) is 10.8 Å². The zero-order chi connectivity index (χ0) is 10.7. The van der Waals surface area contributed by atoms with Crippen LogP contribution < -0.4 is 0 Å². The fourth-order valence-corrected chi connectivity index (χ4v) is 1.69. The Morgan fingerprint density at radius 2 is 2.27 bits per heavy atom. The van der Waals surface area contributed by atoms with E-state index in [1.807, 2.05) is 24.3 Å². The first-order valence-electron chi connectivity index (χ1n) is 4.82. The summed E-state index contributed by atoms with van der Waals surface area (Å²) in [6.07, 6.45) is 2.94. The summed E-state index contributed by atoms with van der Waals surface area (Å²) in [5.74, 6) is 0. The largest absolute Gasteiger partial charge is 0.386 e. The lowest BCUT2D eigenvalue weighted by atomic mass is 10.0. The maximum atomic E-state index is 9.87. The third-order valence-electron chi connectivity index (χ3n) is 2.40. The lowest BCUT2D eigenvalue weighted by Crippen LogP contribution is -2.05. The number of methoxy groups -OCH3 is 1. The Morgan fingerprint density at radius 1 is 1.40 bits per heavy atom. The first-order valence-corrected chi connectivity index (χ1v) is 4.82. The number of ether oxygens (including phenoxy) is 1. The van der Waals surface area contributed by atoms with Gasteiger partial charge in [0.05, 0.1) is 6.61 Å². The van der Waals surface area contributed by atoms with E-state index in [1.165, 1.54) is 0 Å². The van der Waals surface area contributed by atoms with E-state index in [4.69, 9.17) is 4.74 Å². The summed E-state index contributed by atoms with van der Waals surface area (Å²) in [6, 6.07) is 7.71. The van der Waals surface area contributed by atoms with Gasteiger partial charge < -0.3 is 9.84 Å². The van der Waals surface area contributed by atoms with E-state index in [0.717, 1.165) is 16.3 Å². The zero-order valence-electron chi connectivity index (χ0n) is 8.55. The van der Waals surface area contributed by atoms with Crippen LogP contribution in [0.15, 0.2) is 36.7 Å². The summed E-state index contributed by atoms with van der Waals surface area (Å²) < 4.78 is 4.94. The van der Waals surface area contributed by atoms with Crippen molar-refractivity contribution >= 4 is 10.8 Å². The standard InChI is InChI=1S/C12H13NO2/c1-15-8-12(14)11-4-2-3-9-7-13-6-5-10(9)11/h2-7,12,14H,8H2,1H3. The molecule has 0 amide bonds. The highest BCUT2D eigenvalue weighted by molar-refractivity contribution is 5.85. The van der Waals surface area contributed by atoms with Gasteiger partial charge in [-0.2, -0.15) is 0 Å². The minimum Gasteiger partial charge on any atom is -0.386 e. The molecule has 2 rings (SSSR count). The van der Waals surface area contributed by atoms with Gasteiger partial charge in [-0.05, 0) is 17.0 Å². The van der Waals surface area contributed by atoms with Gasteiger partial charge in [-0.1, -0.05) is 18.2 Å². The Hall–Kier alpha value is -1.45. The molecule has 0 spiro atoms. The van der Waals surface area contributed by atoms with Crippen LogP contribution in [0.5, 0.6) is 0 Å². The molecule has 78 valence electrons. The van der Waals surface area contributed by atoms with Gasteiger partial charge in [0, 0.05) is 24.9 Å². The number of rotatable bonds is 3. The second-order valence-corrected chi connectivity index (χ2v) is 3.42. The molecule has 0 aliphatic rings. The molecular formula is C12H13NO2. The first-order chi connectivity index (χ1) is 7.33. The van der Waals surface area contributed by atoms with Crippen LogP contribution >= 0.6 is 0 Å². The molecule has 0 bridgehead atoms. The number of benzene rings is 1. The van der Waals surface area contributed by atoms with Crippen molar-refractivity contribution in [1.82, 2.24) is 4.98 Å². The minimum absolute atomic E-state index is 0.307. The van der Waals surface area contributed by atoms with Gasteiger partial charge >= 0.3 is 0 Å². The number of fused-ring (bicyclic) bond motifs is 1. The molecule has 0 aliphatic carbocycles. The Balaban J connectivity index is 2.50. The average Bonchev–Trinajstić information content (AvgIpc) is 2.28. The number of hydrogen-bond donors (Lipinski definition) is 1. The number of aliphatic hydroxyl groups excluding tert-OH is 1. The van der Waals surface area contributed by atoms with E-state index in [9.17, 15) is 5.11 Å². The van der Waals surface area contributed by atoms with Crippen LogP contribution in [0.1, 0.15) is 11.7 Å². The fraction of sp³-hybridized carbons (Fsp3) is 0.250. The molecular weight excluding hydrogens is 190 g/mol. The third kappa shape index (κ3) is 1.98. The normalized spacial score (nSPS) is 12.9. The van der Waals surface area contributed by atoms with Crippen molar-refractivity contribution in [3.63, 3.8) is 0 Å². The number of aromatic nitrogens is 1. The van der Waals surface area contributed by atoms with Gasteiger partial charge in [-0.3, -0.25) is 4.98 Å². The van der Waals surface area contributed by atoms with Crippen molar-refractivity contribution in [3.05, 3.63) is 42.2 Å². The van der Waals surface area contributed by atoms with Gasteiger partial charge in [0.2, 0.25) is 0 Å². The van der Waals surface area contributed by atoms with E-state index < -0.39 is 6.10 Å². The quantitative estimate of drug-likeness (QED) is 0.828. The van der Waals surface area contributed by atoms with Crippen molar-refractivity contribution in [2.75, 3.05) is 13.7 Å². The van der Waals surface area contributed by atoms with Crippen LogP contribution in [0.2, 0.25) is 0 Å². The van der Waals surface area contributed by atoms with Gasteiger partial charge in [0.25, 0.3) is 0 Å². The lowest BCUT2D eigenvalue weighted by molar-refractivity contribution is 0.0653. The Bertz CT molecular complexity index is 451. The summed E-state index contributed by atoms with van der Waals surface area (Å²) >= 11 is 0. The van der Waals surface area contributed by atoms with E-state index in [1.54, 1.807) is 19.5 Å². The maximum absolute atomic E-state index is 9.87. The summed E-state index contributed by atoms with van der Waals surface area (Å²) in [5, 5.41) is 11.9. The van der Waals surface area contributed by atoms with Crippen LogP contribution in [0.4, 0.5) is 0 Å². The monoisotopic (exact) mass is 203 g/mol. The molecule has 2 aromatic rings. The van der Waals surface area contributed by atoms with Crippen molar-refractivity contribution in [1.29, 1.82) is 0 Å². The molecule has 0 fully saturated rings. The van der Waals surface area contributed by atoms with Gasteiger partial charge in [0.15, 0.2) is 0 Å². The van der Waals surface area contributed by atoms with E-state index in [0.29, 0.717) is 6.61 Å². The Kier molecular flexibility index (Phi) is 2.94. The molecule has 1 heterocycles. The van der Waals surface area contributed by atoms with E-state index in [-0.39, 0.29) is 0 Å². The second kappa shape index (κ2) is 4.38. The summed E-state index contributed by atoms with van der Waals surface area (Å²) in [7, 11) is 1.58. The van der Waals surface area contributed by atoms with E-state index >= 15 is 0 Å². The molecule has 0 radical (unpaired) electrons. The molecule has 0 saturated heterocycles. The number of nitrogens with zero attached hydrogens (tertiary/aromatic N) is 1. The van der Waals surface area contributed by atoms with Gasteiger partial charge in [-0.25, -0.2) is 0 Å². The van der Waals surface area contributed by atoms with Crippen LogP contribution in [-0.2, 0) is 4.74 Å². The highest BCUT2D eigenvalue weighted by Gasteiger charge is 2.10. The molecule has 1 aromatic carbocycles. The molecule has 0 saturated carbocycles. The summed E-state index contributed by atoms with van der Waals surface area (Å²) in [5.41, 5.74) is 0.886. The lowest BCUT2D eigenvalue weighted by Gasteiger charge is -2.12. The molecule has 1 aromatic heterocycles. The highest BCUT2D eigenvalue weighted by Crippen LogP contribution is 2.23. The van der Waals surface area contributed by atoms with Crippen molar-refractivity contribution in [2.45, 2.75) is 6.10 Å². The van der Waals surface area contributed by atoms with Gasteiger partial charge in [0.1, 0.15) is 6.10 Å². The van der Waals surface area contributed by atoms with Crippen LogP contribution in [0.3, 0.4) is 0 Å². The third-order valence-corrected chi connectivity index (χ3v) is 2.40. The number of hydrogen-bond acceptors (Lipinski definition) is 3.